The van der Waals surface area contributed by atoms with Crippen LogP contribution in [0.5, 0.6) is 11.5 Å². The van der Waals surface area contributed by atoms with Gasteiger partial charge < -0.3 is 15.4 Å². The van der Waals surface area contributed by atoms with Crippen molar-refractivity contribution < 1.29 is 9.53 Å². The molecule has 0 aliphatic carbocycles. The lowest BCUT2D eigenvalue weighted by Gasteiger charge is -2.19. The number of benzene rings is 3. The SMILES string of the molecule is Cl.O=C(Nc1cccc(Oc2ccccc2)c1)C1CNCC1c1ccccc1. The zero-order chi connectivity index (χ0) is 18.5. The summed E-state index contributed by atoms with van der Waals surface area (Å²) in [5, 5.41) is 6.40. The molecule has 1 aliphatic rings. The quantitative estimate of drug-likeness (QED) is 0.650. The van der Waals surface area contributed by atoms with Crippen molar-refractivity contribution in [2.45, 2.75) is 5.92 Å². The number of amides is 1. The first-order chi connectivity index (χ1) is 13.3. The summed E-state index contributed by atoms with van der Waals surface area (Å²) in [6.07, 6.45) is 0. The number of halogens is 1. The molecule has 4 rings (SSSR count). The summed E-state index contributed by atoms with van der Waals surface area (Å²) >= 11 is 0. The molecular formula is C23H23ClN2O2. The predicted octanol–water partition coefficient (Wildman–Crippen LogP) is 4.84. The van der Waals surface area contributed by atoms with E-state index < -0.39 is 0 Å². The van der Waals surface area contributed by atoms with Crippen molar-refractivity contribution >= 4 is 24.0 Å². The normalized spacial score (nSPS) is 18.1. The maximum atomic E-state index is 12.9. The average molecular weight is 395 g/mol. The van der Waals surface area contributed by atoms with E-state index in [1.54, 1.807) is 0 Å². The molecule has 1 fully saturated rings. The molecule has 28 heavy (non-hydrogen) atoms. The average Bonchev–Trinajstić information content (AvgIpc) is 3.20. The van der Waals surface area contributed by atoms with Gasteiger partial charge in [0, 0.05) is 30.8 Å². The molecule has 1 heterocycles. The molecule has 0 spiro atoms. The molecule has 3 aromatic carbocycles. The summed E-state index contributed by atoms with van der Waals surface area (Å²) in [6, 6.07) is 27.3. The summed E-state index contributed by atoms with van der Waals surface area (Å²) in [6.45, 7) is 1.50. The first kappa shape index (κ1) is 19.9. The van der Waals surface area contributed by atoms with Crippen LogP contribution in [0.25, 0.3) is 0 Å². The predicted molar refractivity (Wildman–Crippen MR) is 114 cm³/mol. The number of carbonyl (C=O) groups excluding carboxylic acids is 1. The fourth-order valence-electron chi connectivity index (χ4n) is 3.50. The first-order valence-corrected chi connectivity index (χ1v) is 9.19. The van der Waals surface area contributed by atoms with Gasteiger partial charge in [0.25, 0.3) is 0 Å². The van der Waals surface area contributed by atoms with Crippen LogP contribution in [0.3, 0.4) is 0 Å². The third-order valence-corrected chi connectivity index (χ3v) is 4.86. The number of hydrogen-bond donors (Lipinski definition) is 2. The largest absolute Gasteiger partial charge is 0.457 e. The smallest absolute Gasteiger partial charge is 0.229 e. The summed E-state index contributed by atoms with van der Waals surface area (Å²) in [5.41, 5.74) is 1.94. The maximum absolute atomic E-state index is 12.9. The van der Waals surface area contributed by atoms with E-state index in [9.17, 15) is 4.79 Å². The number of para-hydroxylation sites is 1. The van der Waals surface area contributed by atoms with Gasteiger partial charge in [0.05, 0.1) is 5.92 Å². The van der Waals surface area contributed by atoms with Crippen LogP contribution >= 0.6 is 12.4 Å². The van der Waals surface area contributed by atoms with Crippen LogP contribution in [-0.2, 0) is 4.79 Å². The van der Waals surface area contributed by atoms with E-state index in [2.05, 4.69) is 22.8 Å². The van der Waals surface area contributed by atoms with Gasteiger partial charge in [-0.1, -0.05) is 54.6 Å². The minimum Gasteiger partial charge on any atom is -0.457 e. The van der Waals surface area contributed by atoms with Crippen LogP contribution in [0.2, 0.25) is 0 Å². The molecule has 0 aromatic heterocycles. The van der Waals surface area contributed by atoms with E-state index in [1.807, 2.05) is 72.8 Å². The molecule has 2 N–H and O–H groups in total. The Kier molecular flexibility index (Phi) is 6.69. The molecule has 0 radical (unpaired) electrons. The summed E-state index contributed by atoms with van der Waals surface area (Å²) in [7, 11) is 0. The van der Waals surface area contributed by atoms with Crippen LogP contribution in [0.4, 0.5) is 5.69 Å². The van der Waals surface area contributed by atoms with Gasteiger partial charge in [-0.25, -0.2) is 0 Å². The summed E-state index contributed by atoms with van der Waals surface area (Å²) < 4.78 is 5.85. The Morgan fingerprint density at radius 1 is 0.857 bits per heavy atom. The minimum atomic E-state index is -0.0916. The van der Waals surface area contributed by atoms with Crippen molar-refractivity contribution in [3.8, 4) is 11.5 Å². The molecule has 2 atom stereocenters. The van der Waals surface area contributed by atoms with Crippen molar-refractivity contribution in [2.24, 2.45) is 5.92 Å². The zero-order valence-corrected chi connectivity index (χ0v) is 16.2. The van der Waals surface area contributed by atoms with Gasteiger partial charge in [0.2, 0.25) is 5.91 Å². The lowest BCUT2D eigenvalue weighted by Crippen LogP contribution is -2.28. The highest BCUT2D eigenvalue weighted by atomic mass is 35.5. The second-order valence-corrected chi connectivity index (χ2v) is 6.71. The summed E-state index contributed by atoms with van der Waals surface area (Å²) in [5.74, 6) is 1.60. The van der Waals surface area contributed by atoms with Gasteiger partial charge >= 0.3 is 0 Å². The highest BCUT2D eigenvalue weighted by Crippen LogP contribution is 2.30. The lowest BCUT2D eigenvalue weighted by atomic mass is 9.88. The number of nitrogens with one attached hydrogen (secondary N) is 2. The Hall–Kier alpha value is -2.82. The van der Waals surface area contributed by atoms with Crippen LogP contribution < -0.4 is 15.4 Å². The molecule has 1 amide bonds. The third-order valence-electron chi connectivity index (χ3n) is 4.86. The molecular weight excluding hydrogens is 372 g/mol. The highest BCUT2D eigenvalue weighted by molar-refractivity contribution is 5.93. The molecule has 2 unspecified atom stereocenters. The van der Waals surface area contributed by atoms with Crippen molar-refractivity contribution in [3.63, 3.8) is 0 Å². The van der Waals surface area contributed by atoms with Crippen LogP contribution in [-0.4, -0.2) is 19.0 Å². The Morgan fingerprint density at radius 3 is 2.29 bits per heavy atom. The van der Waals surface area contributed by atoms with Crippen LogP contribution in [0.1, 0.15) is 11.5 Å². The maximum Gasteiger partial charge on any atom is 0.229 e. The molecule has 0 bridgehead atoms. The Bertz CT molecular complexity index is 903. The highest BCUT2D eigenvalue weighted by Gasteiger charge is 2.33. The first-order valence-electron chi connectivity index (χ1n) is 9.19. The van der Waals surface area contributed by atoms with E-state index in [4.69, 9.17) is 4.74 Å². The number of carbonyl (C=O) groups is 1. The van der Waals surface area contributed by atoms with Gasteiger partial charge in [-0.3, -0.25) is 4.79 Å². The molecule has 0 saturated carbocycles. The Labute approximate surface area is 171 Å². The molecule has 1 aliphatic heterocycles. The molecule has 144 valence electrons. The minimum absolute atomic E-state index is 0. The Balaban J connectivity index is 0.00000225. The van der Waals surface area contributed by atoms with E-state index in [-0.39, 0.29) is 30.2 Å². The Morgan fingerprint density at radius 2 is 1.54 bits per heavy atom. The standard InChI is InChI=1S/C23H22N2O2.ClH/c26-23(22-16-24-15-21(22)17-8-3-1-4-9-17)25-18-10-7-13-20(14-18)27-19-11-5-2-6-12-19;/h1-14,21-22,24H,15-16H2,(H,25,26);1H. The van der Waals surface area contributed by atoms with Gasteiger partial charge in [0.15, 0.2) is 0 Å². The van der Waals surface area contributed by atoms with Crippen molar-refractivity contribution in [2.75, 3.05) is 18.4 Å². The molecule has 5 heteroatoms. The van der Waals surface area contributed by atoms with Crippen LogP contribution in [0.15, 0.2) is 84.9 Å². The number of anilines is 1. The fraction of sp³-hybridized carbons (Fsp3) is 0.174. The molecule has 4 nitrogen and oxygen atoms in total. The topological polar surface area (TPSA) is 50.4 Å². The van der Waals surface area contributed by atoms with E-state index in [0.29, 0.717) is 12.3 Å². The second kappa shape index (κ2) is 9.40. The monoisotopic (exact) mass is 394 g/mol. The van der Waals surface area contributed by atoms with Crippen molar-refractivity contribution in [3.05, 3.63) is 90.5 Å². The molecule has 1 saturated heterocycles. The lowest BCUT2D eigenvalue weighted by molar-refractivity contribution is -0.119. The van der Waals surface area contributed by atoms with E-state index in [0.717, 1.165) is 18.0 Å². The number of hydrogen-bond acceptors (Lipinski definition) is 3. The third kappa shape index (κ3) is 4.71. The van der Waals surface area contributed by atoms with Gasteiger partial charge in [-0.2, -0.15) is 0 Å². The van der Waals surface area contributed by atoms with Crippen molar-refractivity contribution in [1.82, 2.24) is 5.32 Å². The zero-order valence-electron chi connectivity index (χ0n) is 15.4. The fourth-order valence-corrected chi connectivity index (χ4v) is 3.50. The number of rotatable bonds is 5. The van der Waals surface area contributed by atoms with Gasteiger partial charge in [0.1, 0.15) is 11.5 Å². The summed E-state index contributed by atoms with van der Waals surface area (Å²) in [4.78, 5) is 12.9. The number of ether oxygens (including phenoxy) is 1. The van der Waals surface area contributed by atoms with Crippen molar-refractivity contribution in [1.29, 1.82) is 0 Å². The van der Waals surface area contributed by atoms with E-state index >= 15 is 0 Å². The molecule has 3 aromatic rings. The van der Waals surface area contributed by atoms with E-state index in [1.165, 1.54) is 5.56 Å². The van der Waals surface area contributed by atoms with Gasteiger partial charge in [-0.15, -0.1) is 12.4 Å². The van der Waals surface area contributed by atoms with Crippen LogP contribution in [0, 0.1) is 5.92 Å². The van der Waals surface area contributed by atoms with Gasteiger partial charge in [-0.05, 0) is 29.8 Å². The second-order valence-electron chi connectivity index (χ2n) is 6.71.